The number of piperazine rings is 1. The fraction of sp³-hybridized carbons (Fsp3) is 0.348. The molecule has 2 heterocycles. The molecule has 2 fully saturated rings. The number of imide groups is 1. The lowest BCUT2D eigenvalue weighted by Gasteiger charge is -2.47. The molecule has 0 saturated carbocycles. The minimum atomic E-state index is -0.736. The minimum Gasteiger partial charge on any atom is -0.495 e. The zero-order valence-electron chi connectivity index (χ0n) is 19.1. The molecule has 0 aliphatic carbocycles. The summed E-state index contributed by atoms with van der Waals surface area (Å²) >= 11 is 6.19. The first kappa shape index (κ1) is 24.7. The van der Waals surface area contributed by atoms with Gasteiger partial charge in [0.1, 0.15) is 36.1 Å². The number of hydrogen-bond acceptors (Lipinski definition) is 7. The number of carbonyl (C=O) groups excluding carboxylic acids is 3. The molecule has 2 aromatic carbocycles. The van der Waals surface area contributed by atoms with Gasteiger partial charge in [-0.3, -0.25) is 24.7 Å². The Morgan fingerprint density at radius 1 is 1.11 bits per heavy atom. The molecule has 2 unspecified atom stereocenters. The summed E-state index contributed by atoms with van der Waals surface area (Å²) in [6.07, 6.45) is -0.708. The number of hydrogen-bond donors (Lipinski definition) is 3. The minimum absolute atomic E-state index is 0.0527. The Morgan fingerprint density at radius 3 is 2.49 bits per heavy atom. The van der Waals surface area contributed by atoms with Gasteiger partial charge in [-0.1, -0.05) is 23.7 Å². The number of fused-ring (bicyclic) bond motifs is 1. The highest BCUT2D eigenvalue weighted by Crippen LogP contribution is 2.36. The molecule has 4 rings (SSSR count). The summed E-state index contributed by atoms with van der Waals surface area (Å²) in [5, 5.41) is 9.24. The smallest absolute Gasteiger partial charge is 0.328 e. The largest absolute Gasteiger partial charge is 0.495 e. The maximum Gasteiger partial charge on any atom is 0.328 e. The van der Waals surface area contributed by atoms with Crippen molar-refractivity contribution in [3.8, 4) is 11.5 Å². The number of rotatable bonds is 7. The zero-order valence-corrected chi connectivity index (χ0v) is 19.9. The number of ether oxygens (including phenoxy) is 2. The SMILES string of the molecule is COc1cc(OC)c(NC(=O)CN2C(=O)N(Cc3ccc(F)cc3)C(=O)C3NCCNC32)cc1Cl. The van der Waals surface area contributed by atoms with Gasteiger partial charge in [0.2, 0.25) is 5.91 Å². The van der Waals surface area contributed by atoms with Crippen molar-refractivity contribution in [1.29, 1.82) is 0 Å². The van der Waals surface area contributed by atoms with E-state index in [1.807, 2.05) is 0 Å². The molecule has 186 valence electrons. The molecule has 35 heavy (non-hydrogen) atoms. The molecular weight excluding hydrogens is 481 g/mol. The number of amides is 4. The number of nitrogens with one attached hydrogen (secondary N) is 3. The molecule has 2 aromatic rings. The van der Waals surface area contributed by atoms with Crippen LogP contribution in [0.3, 0.4) is 0 Å². The van der Waals surface area contributed by atoms with Crippen molar-refractivity contribution < 1.29 is 28.2 Å². The van der Waals surface area contributed by atoms with E-state index in [9.17, 15) is 18.8 Å². The molecule has 12 heteroatoms. The summed E-state index contributed by atoms with van der Waals surface area (Å²) in [6, 6.07) is 7.19. The van der Waals surface area contributed by atoms with Crippen molar-refractivity contribution in [2.45, 2.75) is 18.8 Å². The van der Waals surface area contributed by atoms with Crippen molar-refractivity contribution in [3.05, 3.63) is 52.8 Å². The third-order valence-electron chi connectivity index (χ3n) is 5.82. The maximum atomic E-state index is 13.4. The molecule has 2 aliphatic rings. The van der Waals surface area contributed by atoms with E-state index in [2.05, 4.69) is 16.0 Å². The summed E-state index contributed by atoms with van der Waals surface area (Å²) < 4.78 is 23.8. The van der Waals surface area contributed by atoms with Crippen LogP contribution in [0.5, 0.6) is 11.5 Å². The molecule has 2 aliphatic heterocycles. The number of anilines is 1. The molecule has 0 aromatic heterocycles. The van der Waals surface area contributed by atoms with Gasteiger partial charge in [-0.05, 0) is 23.8 Å². The van der Waals surface area contributed by atoms with Crippen LogP contribution in [0.1, 0.15) is 5.56 Å². The van der Waals surface area contributed by atoms with E-state index in [1.165, 1.54) is 55.5 Å². The van der Waals surface area contributed by atoms with Gasteiger partial charge in [0, 0.05) is 19.2 Å². The van der Waals surface area contributed by atoms with E-state index in [4.69, 9.17) is 21.1 Å². The monoisotopic (exact) mass is 505 g/mol. The van der Waals surface area contributed by atoms with Crippen LogP contribution < -0.4 is 25.4 Å². The van der Waals surface area contributed by atoms with Gasteiger partial charge in [-0.2, -0.15) is 0 Å². The molecule has 10 nitrogen and oxygen atoms in total. The molecule has 2 saturated heterocycles. The number of nitrogens with zero attached hydrogens (tertiary/aromatic N) is 2. The van der Waals surface area contributed by atoms with Gasteiger partial charge >= 0.3 is 6.03 Å². The van der Waals surface area contributed by atoms with Crippen molar-refractivity contribution in [2.75, 3.05) is 39.2 Å². The fourth-order valence-electron chi connectivity index (χ4n) is 4.11. The van der Waals surface area contributed by atoms with E-state index in [1.54, 1.807) is 0 Å². The van der Waals surface area contributed by atoms with Gasteiger partial charge < -0.3 is 20.1 Å². The summed E-state index contributed by atoms with van der Waals surface area (Å²) in [4.78, 5) is 41.8. The normalized spacial score (nSPS) is 19.9. The van der Waals surface area contributed by atoms with E-state index in [0.717, 1.165) is 4.90 Å². The van der Waals surface area contributed by atoms with Crippen molar-refractivity contribution in [1.82, 2.24) is 20.4 Å². The third-order valence-corrected chi connectivity index (χ3v) is 6.11. The highest BCUT2D eigenvalue weighted by molar-refractivity contribution is 6.32. The lowest BCUT2D eigenvalue weighted by Crippen LogP contribution is -2.75. The molecule has 0 spiro atoms. The Bertz CT molecular complexity index is 1130. The van der Waals surface area contributed by atoms with Crippen LogP contribution >= 0.6 is 11.6 Å². The number of halogens is 2. The highest BCUT2D eigenvalue weighted by atomic mass is 35.5. The maximum absolute atomic E-state index is 13.4. The van der Waals surface area contributed by atoms with Crippen LogP contribution in [0, 0.1) is 5.82 Å². The first-order valence-corrected chi connectivity index (χ1v) is 11.2. The Labute approximate surface area is 206 Å². The molecule has 4 amide bonds. The first-order valence-electron chi connectivity index (χ1n) is 10.9. The summed E-state index contributed by atoms with van der Waals surface area (Å²) in [7, 11) is 2.90. The van der Waals surface area contributed by atoms with E-state index in [-0.39, 0.29) is 18.1 Å². The Kier molecular flexibility index (Phi) is 7.39. The summed E-state index contributed by atoms with van der Waals surface area (Å²) in [5.41, 5.74) is 0.885. The number of carbonyl (C=O) groups is 3. The number of benzene rings is 2. The van der Waals surface area contributed by atoms with Gasteiger partial charge in [0.15, 0.2) is 0 Å². The fourth-order valence-corrected chi connectivity index (χ4v) is 4.35. The second-order valence-corrected chi connectivity index (χ2v) is 8.43. The highest BCUT2D eigenvalue weighted by Gasteiger charge is 2.47. The third kappa shape index (κ3) is 5.16. The molecule has 0 radical (unpaired) electrons. The second kappa shape index (κ2) is 10.5. The van der Waals surface area contributed by atoms with E-state index >= 15 is 0 Å². The van der Waals surface area contributed by atoms with E-state index < -0.39 is 35.9 Å². The van der Waals surface area contributed by atoms with Crippen LogP contribution in [0.4, 0.5) is 14.9 Å². The summed E-state index contributed by atoms with van der Waals surface area (Å²) in [6.45, 7) is 0.643. The Hall–Kier alpha value is -3.41. The number of urea groups is 1. The molecule has 3 N–H and O–H groups in total. The van der Waals surface area contributed by atoms with E-state index in [0.29, 0.717) is 35.8 Å². The number of methoxy groups -OCH3 is 2. The predicted molar refractivity (Wildman–Crippen MR) is 126 cm³/mol. The van der Waals surface area contributed by atoms with Crippen LogP contribution in [0.15, 0.2) is 36.4 Å². The van der Waals surface area contributed by atoms with Gasteiger partial charge in [-0.25, -0.2) is 9.18 Å². The lowest BCUT2D eigenvalue weighted by molar-refractivity contribution is -0.139. The topological polar surface area (TPSA) is 112 Å². The van der Waals surface area contributed by atoms with Crippen LogP contribution in [0.2, 0.25) is 5.02 Å². The Balaban J connectivity index is 1.55. The van der Waals surface area contributed by atoms with Gasteiger partial charge in [-0.15, -0.1) is 0 Å². The molecule has 2 atom stereocenters. The second-order valence-electron chi connectivity index (χ2n) is 8.03. The van der Waals surface area contributed by atoms with Crippen molar-refractivity contribution in [3.63, 3.8) is 0 Å². The molecular formula is C23H25ClFN5O5. The first-order chi connectivity index (χ1) is 16.8. The predicted octanol–water partition coefficient (Wildman–Crippen LogP) is 1.79. The van der Waals surface area contributed by atoms with Crippen LogP contribution in [-0.2, 0) is 16.1 Å². The Morgan fingerprint density at radius 2 is 1.80 bits per heavy atom. The standard InChI is InChI=1S/C23H25ClFN5O5/c1-34-17-10-18(35-2)16(9-15(17)24)28-19(31)12-29-21-20(26-7-8-27-21)22(32)30(23(29)33)11-13-3-5-14(25)6-4-13/h3-6,9-10,20-21,26-27H,7-8,11-12H2,1-2H3,(H,28,31). The average molecular weight is 506 g/mol. The quantitative estimate of drug-likeness (QED) is 0.526. The summed E-state index contributed by atoms with van der Waals surface area (Å²) in [5.74, 6) is -0.650. The van der Waals surface area contributed by atoms with Crippen molar-refractivity contribution >= 4 is 35.1 Å². The van der Waals surface area contributed by atoms with Crippen LogP contribution in [-0.4, -0.2) is 73.7 Å². The van der Waals surface area contributed by atoms with Crippen LogP contribution in [0.25, 0.3) is 0 Å². The lowest BCUT2D eigenvalue weighted by atomic mass is 10.1. The molecule has 0 bridgehead atoms. The van der Waals surface area contributed by atoms with Gasteiger partial charge in [0.25, 0.3) is 5.91 Å². The average Bonchev–Trinajstić information content (AvgIpc) is 2.85. The van der Waals surface area contributed by atoms with Gasteiger partial charge in [0.05, 0.1) is 31.5 Å². The van der Waals surface area contributed by atoms with Crippen molar-refractivity contribution in [2.24, 2.45) is 0 Å². The zero-order chi connectivity index (χ0) is 25.1.